The number of amides is 1. The molecule has 2 aromatic rings. The number of ether oxygens (including phenoxy) is 1. The number of carbonyl (C=O) groups is 3. The molecule has 2 aliphatic heterocycles. The van der Waals surface area contributed by atoms with E-state index in [-0.39, 0.29) is 18.1 Å². The number of rotatable bonds is 3. The first-order valence-electron chi connectivity index (χ1n) is 9.57. The van der Waals surface area contributed by atoms with Crippen LogP contribution in [0.1, 0.15) is 45.5 Å². The summed E-state index contributed by atoms with van der Waals surface area (Å²) in [6.07, 6.45) is 3.96. The van der Waals surface area contributed by atoms with Crippen molar-refractivity contribution in [1.82, 2.24) is 4.90 Å². The molecule has 6 heteroatoms. The van der Waals surface area contributed by atoms with E-state index in [2.05, 4.69) is 0 Å². The molecule has 0 unspecified atom stereocenters. The fraction of sp³-hybridized carbons (Fsp3) is 0.261. The number of ketones is 1. The van der Waals surface area contributed by atoms with Crippen molar-refractivity contribution in [2.24, 2.45) is 0 Å². The first kappa shape index (κ1) is 18.9. The Hall–Kier alpha value is -3.41. The third-order valence-electron chi connectivity index (χ3n) is 5.52. The molecule has 4 rings (SSSR count). The van der Waals surface area contributed by atoms with E-state index in [9.17, 15) is 14.4 Å². The summed E-state index contributed by atoms with van der Waals surface area (Å²) in [5.74, 6) is -0.546. The lowest BCUT2D eigenvalue weighted by Crippen LogP contribution is -2.52. The monoisotopic (exact) mass is 391 g/mol. The van der Waals surface area contributed by atoms with Crippen molar-refractivity contribution in [2.75, 3.05) is 13.1 Å². The van der Waals surface area contributed by atoms with Gasteiger partial charge in [0.05, 0.1) is 12.0 Å². The Labute approximate surface area is 168 Å². The number of carboxylic acid groups (broad SMARTS) is 1. The molecule has 1 saturated heterocycles. The van der Waals surface area contributed by atoms with Crippen molar-refractivity contribution in [2.45, 2.75) is 24.9 Å². The molecule has 2 heterocycles. The Balaban J connectivity index is 1.50. The van der Waals surface area contributed by atoms with Gasteiger partial charge in [0.1, 0.15) is 11.4 Å². The SMILES string of the molecule is O=C(O)/C=C/c1ccc2c(c1)OC1(CCN(C(=O)c3ccccc3)CC1)CC2=O. The molecule has 1 spiro atoms. The first-order valence-corrected chi connectivity index (χ1v) is 9.57. The number of Topliss-reactive ketones (excluding diaryl/α,β-unsaturated/α-hetero) is 1. The number of benzene rings is 2. The molecule has 1 fully saturated rings. The van der Waals surface area contributed by atoms with Gasteiger partial charge in [-0.3, -0.25) is 9.59 Å². The highest BCUT2D eigenvalue weighted by molar-refractivity contribution is 6.01. The van der Waals surface area contributed by atoms with E-state index in [0.717, 1.165) is 6.08 Å². The molecule has 2 aliphatic rings. The highest BCUT2D eigenvalue weighted by Crippen LogP contribution is 2.40. The molecule has 0 aliphatic carbocycles. The number of likely N-dealkylation sites (tertiary alicyclic amines) is 1. The maximum Gasteiger partial charge on any atom is 0.328 e. The molecule has 6 nitrogen and oxygen atoms in total. The minimum absolute atomic E-state index is 0.0101. The van der Waals surface area contributed by atoms with Gasteiger partial charge in [-0.2, -0.15) is 0 Å². The van der Waals surface area contributed by atoms with Gasteiger partial charge in [0, 0.05) is 37.6 Å². The summed E-state index contributed by atoms with van der Waals surface area (Å²) in [5.41, 5.74) is 1.22. The summed E-state index contributed by atoms with van der Waals surface area (Å²) in [6.45, 7) is 1.05. The zero-order valence-electron chi connectivity index (χ0n) is 15.8. The molecule has 1 amide bonds. The lowest BCUT2D eigenvalue weighted by Gasteiger charge is -2.44. The average Bonchev–Trinajstić information content (AvgIpc) is 2.72. The summed E-state index contributed by atoms with van der Waals surface area (Å²) < 4.78 is 6.27. The zero-order chi connectivity index (χ0) is 20.4. The molecule has 1 N–H and O–H groups in total. The molecule has 148 valence electrons. The van der Waals surface area contributed by atoms with E-state index in [4.69, 9.17) is 9.84 Å². The van der Waals surface area contributed by atoms with E-state index in [0.29, 0.717) is 48.4 Å². The van der Waals surface area contributed by atoms with Crippen LogP contribution in [0.25, 0.3) is 6.08 Å². The Morgan fingerprint density at radius 2 is 1.79 bits per heavy atom. The van der Waals surface area contributed by atoms with Gasteiger partial charge in [0.15, 0.2) is 5.78 Å². The standard InChI is InChI=1S/C23H21NO5/c25-19-15-23(29-20-14-16(6-8-18(19)20)7-9-21(26)27)10-12-24(13-11-23)22(28)17-4-2-1-3-5-17/h1-9,14H,10-13,15H2,(H,26,27)/b9-7+. The number of nitrogens with zero attached hydrogens (tertiary/aromatic N) is 1. The van der Waals surface area contributed by atoms with Crippen LogP contribution in [0.5, 0.6) is 5.75 Å². The Bertz CT molecular complexity index is 988. The fourth-order valence-electron chi connectivity index (χ4n) is 3.94. The molecule has 29 heavy (non-hydrogen) atoms. The summed E-state index contributed by atoms with van der Waals surface area (Å²) in [5, 5.41) is 8.80. The summed E-state index contributed by atoms with van der Waals surface area (Å²) >= 11 is 0. The number of piperidine rings is 1. The second-order valence-corrected chi connectivity index (χ2v) is 7.47. The summed E-state index contributed by atoms with van der Waals surface area (Å²) in [4.78, 5) is 37.9. The van der Waals surface area contributed by atoms with Crippen molar-refractivity contribution in [3.63, 3.8) is 0 Å². The Morgan fingerprint density at radius 1 is 1.07 bits per heavy atom. The smallest absolute Gasteiger partial charge is 0.328 e. The third-order valence-corrected chi connectivity index (χ3v) is 5.52. The maximum absolute atomic E-state index is 12.7. The molecule has 0 saturated carbocycles. The second-order valence-electron chi connectivity index (χ2n) is 7.47. The Kier molecular flexibility index (Phi) is 4.92. The van der Waals surface area contributed by atoms with E-state index in [1.165, 1.54) is 6.08 Å². The number of hydrogen-bond acceptors (Lipinski definition) is 4. The van der Waals surface area contributed by atoms with E-state index in [1.807, 2.05) is 18.2 Å². The number of carbonyl (C=O) groups excluding carboxylic acids is 2. The van der Waals surface area contributed by atoms with Crippen LogP contribution in [0.2, 0.25) is 0 Å². The fourth-order valence-corrected chi connectivity index (χ4v) is 3.94. The topological polar surface area (TPSA) is 83.9 Å². The maximum atomic E-state index is 12.7. The predicted octanol–water partition coefficient (Wildman–Crippen LogP) is 3.42. The molecule has 0 atom stereocenters. The van der Waals surface area contributed by atoms with Gasteiger partial charge >= 0.3 is 5.97 Å². The van der Waals surface area contributed by atoms with Gasteiger partial charge in [-0.05, 0) is 35.9 Å². The summed E-state index contributed by atoms with van der Waals surface area (Å²) in [7, 11) is 0. The van der Waals surface area contributed by atoms with Crippen LogP contribution >= 0.6 is 0 Å². The van der Waals surface area contributed by atoms with Crippen molar-refractivity contribution in [3.8, 4) is 5.75 Å². The van der Waals surface area contributed by atoms with Crippen LogP contribution in [0, 0.1) is 0 Å². The van der Waals surface area contributed by atoms with Gasteiger partial charge < -0.3 is 14.7 Å². The highest BCUT2D eigenvalue weighted by Gasteiger charge is 2.43. The molecule has 0 bridgehead atoms. The van der Waals surface area contributed by atoms with Gasteiger partial charge in [-0.15, -0.1) is 0 Å². The molecular formula is C23H21NO5. The second kappa shape index (κ2) is 7.54. The van der Waals surface area contributed by atoms with Crippen molar-refractivity contribution < 1.29 is 24.2 Å². The van der Waals surface area contributed by atoms with Gasteiger partial charge in [-0.25, -0.2) is 4.79 Å². The molecule has 0 radical (unpaired) electrons. The predicted molar refractivity (Wildman–Crippen MR) is 107 cm³/mol. The summed E-state index contributed by atoms with van der Waals surface area (Å²) in [6, 6.07) is 14.3. The van der Waals surface area contributed by atoms with Crippen LogP contribution in [0.3, 0.4) is 0 Å². The van der Waals surface area contributed by atoms with Crippen LogP contribution in [0.4, 0.5) is 0 Å². The number of fused-ring (bicyclic) bond motifs is 1. The zero-order valence-corrected chi connectivity index (χ0v) is 15.8. The lowest BCUT2D eigenvalue weighted by atomic mass is 9.82. The van der Waals surface area contributed by atoms with E-state index >= 15 is 0 Å². The Morgan fingerprint density at radius 3 is 2.48 bits per heavy atom. The minimum Gasteiger partial charge on any atom is -0.486 e. The van der Waals surface area contributed by atoms with Gasteiger partial charge in [-0.1, -0.05) is 24.3 Å². The van der Waals surface area contributed by atoms with Crippen molar-refractivity contribution in [3.05, 3.63) is 71.3 Å². The highest BCUT2D eigenvalue weighted by atomic mass is 16.5. The largest absolute Gasteiger partial charge is 0.486 e. The molecule has 2 aromatic carbocycles. The quantitative estimate of drug-likeness (QED) is 0.811. The number of aliphatic carboxylic acids is 1. The number of hydrogen-bond donors (Lipinski definition) is 1. The van der Waals surface area contributed by atoms with Crippen LogP contribution in [-0.4, -0.2) is 46.4 Å². The van der Waals surface area contributed by atoms with Crippen molar-refractivity contribution >= 4 is 23.7 Å². The van der Waals surface area contributed by atoms with Crippen LogP contribution in [-0.2, 0) is 4.79 Å². The number of carboxylic acids is 1. The molecule has 0 aromatic heterocycles. The van der Waals surface area contributed by atoms with Gasteiger partial charge in [0.2, 0.25) is 0 Å². The van der Waals surface area contributed by atoms with Crippen LogP contribution in [0.15, 0.2) is 54.6 Å². The average molecular weight is 391 g/mol. The lowest BCUT2D eigenvalue weighted by molar-refractivity contribution is -0.131. The normalized spacial score (nSPS) is 17.8. The first-order chi connectivity index (χ1) is 14.0. The third kappa shape index (κ3) is 3.92. The van der Waals surface area contributed by atoms with Crippen molar-refractivity contribution in [1.29, 1.82) is 0 Å². The molecular weight excluding hydrogens is 370 g/mol. The van der Waals surface area contributed by atoms with E-state index in [1.54, 1.807) is 35.2 Å². The van der Waals surface area contributed by atoms with Crippen LogP contribution < -0.4 is 4.74 Å². The minimum atomic E-state index is -1.04. The van der Waals surface area contributed by atoms with Gasteiger partial charge in [0.25, 0.3) is 5.91 Å². The van der Waals surface area contributed by atoms with E-state index < -0.39 is 11.6 Å².